The number of nitrogens with zero attached hydrogens (tertiary/aromatic N) is 2. The zero-order chi connectivity index (χ0) is 22.1. The van der Waals surface area contributed by atoms with Crippen molar-refractivity contribution in [3.05, 3.63) is 118 Å². The molecule has 5 rings (SSSR count). The monoisotopic (exact) mass is 488 g/mol. The van der Waals surface area contributed by atoms with Gasteiger partial charge in [0, 0.05) is 15.9 Å². The number of carbonyl (C=O) groups is 1. The molecular weight excluding hydrogens is 471 g/mol. The Morgan fingerprint density at radius 2 is 1.72 bits per heavy atom. The zero-order valence-corrected chi connectivity index (χ0v) is 18.4. The van der Waals surface area contributed by atoms with E-state index in [0.717, 1.165) is 21.3 Å². The standard InChI is InChI=1S/C25H18BrFN4O/c26-18-8-6-17(7-9-18)23-14-22(16-4-2-1-3-5-16)30-24-21(15-28-31(23)24)25(32)29-20-12-10-19(27)11-13-20/h1-15,23,30H,(H,29,32)/t23-/m1/s1. The van der Waals surface area contributed by atoms with Crippen LogP contribution in [0.25, 0.3) is 5.70 Å². The molecule has 4 aromatic rings. The highest BCUT2D eigenvalue weighted by atomic mass is 79.9. The van der Waals surface area contributed by atoms with Crippen LogP contribution in [0.5, 0.6) is 0 Å². The predicted molar refractivity (Wildman–Crippen MR) is 127 cm³/mol. The lowest BCUT2D eigenvalue weighted by Crippen LogP contribution is -2.22. The van der Waals surface area contributed by atoms with Crippen LogP contribution in [0, 0.1) is 5.82 Å². The van der Waals surface area contributed by atoms with E-state index in [1.807, 2.05) is 54.6 Å². The first-order valence-electron chi connectivity index (χ1n) is 10.0. The molecule has 158 valence electrons. The Kier molecular flexibility index (Phi) is 5.33. The fourth-order valence-corrected chi connectivity index (χ4v) is 3.94. The van der Waals surface area contributed by atoms with Gasteiger partial charge in [0.1, 0.15) is 17.2 Å². The first-order valence-corrected chi connectivity index (χ1v) is 10.8. The van der Waals surface area contributed by atoms with Gasteiger partial charge in [-0.1, -0.05) is 58.4 Å². The highest BCUT2D eigenvalue weighted by molar-refractivity contribution is 9.10. The Labute approximate surface area is 192 Å². The molecular formula is C25H18BrFN4O. The summed E-state index contributed by atoms with van der Waals surface area (Å²) in [5.74, 6) is -0.0873. The number of carbonyl (C=O) groups excluding carboxylic acids is 1. The third-order valence-corrected chi connectivity index (χ3v) is 5.81. The summed E-state index contributed by atoms with van der Waals surface area (Å²) in [6, 6.07) is 23.4. The summed E-state index contributed by atoms with van der Waals surface area (Å²) in [5.41, 5.74) is 3.85. The number of rotatable bonds is 4. The molecule has 2 N–H and O–H groups in total. The maximum Gasteiger partial charge on any atom is 0.261 e. The maximum absolute atomic E-state index is 13.2. The third kappa shape index (κ3) is 3.94. The first kappa shape index (κ1) is 20.2. The fourth-order valence-electron chi connectivity index (χ4n) is 3.68. The number of amides is 1. The van der Waals surface area contributed by atoms with Gasteiger partial charge in [-0.3, -0.25) is 4.79 Å². The molecule has 0 fully saturated rings. The summed E-state index contributed by atoms with van der Waals surface area (Å²) < 4.78 is 16.0. The summed E-state index contributed by atoms with van der Waals surface area (Å²) in [4.78, 5) is 13.0. The van der Waals surface area contributed by atoms with Crippen molar-refractivity contribution in [1.82, 2.24) is 9.78 Å². The highest BCUT2D eigenvalue weighted by Gasteiger charge is 2.27. The van der Waals surface area contributed by atoms with Gasteiger partial charge in [0.15, 0.2) is 0 Å². The molecule has 2 heterocycles. The Morgan fingerprint density at radius 1 is 1.00 bits per heavy atom. The zero-order valence-electron chi connectivity index (χ0n) is 16.8. The molecule has 0 saturated heterocycles. The number of aromatic nitrogens is 2. The summed E-state index contributed by atoms with van der Waals surface area (Å²) in [6.45, 7) is 0. The van der Waals surface area contributed by atoms with E-state index in [-0.39, 0.29) is 17.8 Å². The number of anilines is 2. The smallest absolute Gasteiger partial charge is 0.261 e. The molecule has 1 aromatic heterocycles. The maximum atomic E-state index is 13.2. The Hall–Kier alpha value is -3.71. The normalized spacial score (nSPS) is 14.8. The number of allylic oxidation sites excluding steroid dienone is 1. The summed E-state index contributed by atoms with van der Waals surface area (Å²) in [5, 5.41) is 10.7. The molecule has 0 unspecified atom stereocenters. The molecule has 1 aliphatic heterocycles. The van der Waals surface area contributed by atoms with Crippen LogP contribution in [-0.2, 0) is 0 Å². The van der Waals surface area contributed by atoms with Gasteiger partial charge in [0.05, 0.1) is 12.2 Å². The average Bonchev–Trinajstić information content (AvgIpc) is 3.25. The Balaban J connectivity index is 1.54. The van der Waals surface area contributed by atoms with Crippen LogP contribution in [0.15, 0.2) is 95.6 Å². The quantitative estimate of drug-likeness (QED) is 0.365. The second kappa shape index (κ2) is 8.43. The molecule has 0 saturated carbocycles. The third-order valence-electron chi connectivity index (χ3n) is 5.28. The van der Waals surface area contributed by atoms with Crippen LogP contribution >= 0.6 is 15.9 Å². The summed E-state index contributed by atoms with van der Waals surface area (Å²) in [6.07, 6.45) is 3.65. The number of hydrogen-bond donors (Lipinski definition) is 2. The van der Waals surface area contributed by atoms with Crippen molar-refractivity contribution < 1.29 is 9.18 Å². The van der Waals surface area contributed by atoms with E-state index in [1.165, 1.54) is 24.3 Å². The van der Waals surface area contributed by atoms with Gasteiger partial charge in [-0.15, -0.1) is 0 Å². The second-order valence-electron chi connectivity index (χ2n) is 7.38. The molecule has 1 aliphatic rings. The lowest BCUT2D eigenvalue weighted by molar-refractivity contribution is 0.102. The lowest BCUT2D eigenvalue weighted by atomic mass is 10.0. The SMILES string of the molecule is O=C(Nc1ccc(F)cc1)c1cnn2c1NC(c1ccccc1)=C[C@@H]2c1ccc(Br)cc1. The van der Waals surface area contributed by atoms with Crippen LogP contribution in [-0.4, -0.2) is 15.7 Å². The molecule has 0 spiro atoms. The largest absolute Gasteiger partial charge is 0.339 e. The molecule has 32 heavy (non-hydrogen) atoms. The summed E-state index contributed by atoms with van der Waals surface area (Å²) >= 11 is 3.48. The molecule has 1 atom stereocenters. The molecule has 5 nitrogen and oxygen atoms in total. The van der Waals surface area contributed by atoms with Gasteiger partial charge in [-0.05, 0) is 53.6 Å². The number of fused-ring (bicyclic) bond motifs is 1. The molecule has 0 aliphatic carbocycles. The van der Waals surface area contributed by atoms with Crippen molar-refractivity contribution in [2.75, 3.05) is 10.6 Å². The van der Waals surface area contributed by atoms with Crippen molar-refractivity contribution in [2.24, 2.45) is 0 Å². The first-order chi connectivity index (χ1) is 15.6. The van der Waals surface area contributed by atoms with Crippen molar-refractivity contribution in [3.63, 3.8) is 0 Å². The molecule has 7 heteroatoms. The molecule has 3 aromatic carbocycles. The Bertz CT molecular complexity index is 1300. The average molecular weight is 489 g/mol. The summed E-state index contributed by atoms with van der Waals surface area (Å²) in [7, 11) is 0. The van der Waals surface area contributed by atoms with Crippen LogP contribution < -0.4 is 10.6 Å². The van der Waals surface area contributed by atoms with E-state index < -0.39 is 0 Å². The minimum atomic E-state index is -0.359. The molecule has 0 bridgehead atoms. The van der Waals surface area contributed by atoms with Crippen molar-refractivity contribution in [3.8, 4) is 0 Å². The molecule has 0 radical (unpaired) electrons. The molecule has 1 amide bonds. The van der Waals surface area contributed by atoms with Crippen LogP contribution in [0.3, 0.4) is 0 Å². The minimum absolute atomic E-state index is 0.193. The van der Waals surface area contributed by atoms with E-state index in [1.54, 1.807) is 10.9 Å². The number of benzene rings is 3. The van der Waals surface area contributed by atoms with Crippen molar-refractivity contribution in [2.45, 2.75) is 6.04 Å². The van der Waals surface area contributed by atoms with E-state index >= 15 is 0 Å². The predicted octanol–water partition coefficient (Wildman–Crippen LogP) is 6.09. The lowest BCUT2D eigenvalue weighted by Gasteiger charge is -2.26. The second-order valence-corrected chi connectivity index (χ2v) is 8.30. The van der Waals surface area contributed by atoms with Gasteiger partial charge in [-0.25, -0.2) is 9.07 Å². The van der Waals surface area contributed by atoms with Crippen molar-refractivity contribution in [1.29, 1.82) is 0 Å². The van der Waals surface area contributed by atoms with Gasteiger partial charge in [-0.2, -0.15) is 5.10 Å². The number of nitrogens with one attached hydrogen (secondary N) is 2. The van der Waals surface area contributed by atoms with E-state index in [9.17, 15) is 9.18 Å². The van der Waals surface area contributed by atoms with Gasteiger partial charge >= 0.3 is 0 Å². The minimum Gasteiger partial charge on any atom is -0.339 e. The van der Waals surface area contributed by atoms with Crippen LogP contribution in [0.1, 0.15) is 27.5 Å². The fraction of sp³-hybridized carbons (Fsp3) is 0.0400. The van der Waals surface area contributed by atoms with E-state index in [0.29, 0.717) is 17.1 Å². The van der Waals surface area contributed by atoms with Crippen LogP contribution in [0.2, 0.25) is 0 Å². The van der Waals surface area contributed by atoms with Gasteiger partial charge in [0.25, 0.3) is 5.91 Å². The highest BCUT2D eigenvalue weighted by Crippen LogP contribution is 2.35. The van der Waals surface area contributed by atoms with E-state index in [2.05, 4.69) is 37.7 Å². The van der Waals surface area contributed by atoms with E-state index in [4.69, 9.17) is 0 Å². The van der Waals surface area contributed by atoms with Gasteiger partial charge < -0.3 is 10.6 Å². The number of hydrogen-bond acceptors (Lipinski definition) is 3. The Morgan fingerprint density at radius 3 is 2.44 bits per heavy atom. The number of halogens is 2. The van der Waals surface area contributed by atoms with Crippen molar-refractivity contribution >= 4 is 39.0 Å². The topological polar surface area (TPSA) is 59.0 Å². The van der Waals surface area contributed by atoms with Gasteiger partial charge in [0.2, 0.25) is 0 Å². The van der Waals surface area contributed by atoms with Crippen LogP contribution in [0.4, 0.5) is 15.9 Å².